The molecule has 1 aliphatic carbocycles. The topological polar surface area (TPSA) is 12.0 Å². The summed E-state index contributed by atoms with van der Waals surface area (Å²) in [5.41, 5.74) is 0.579. The van der Waals surface area contributed by atoms with Crippen molar-refractivity contribution in [2.75, 3.05) is 6.54 Å². The van der Waals surface area contributed by atoms with Gasteiger partial charge in [-0.25, -0.2) is 0 Å². The van der Waals surface area contributed by atoms with Crippen LogP contribution in [0.15, 0.2) is 0 Å². The molecule has 12 heavy (non-hydrogen) atoms. The second-order valence-electron chi connectivity index (χ2n) is 4.71. The molecule has 1 heteroatoms. The van der Waals surface area contributed by atoms with Gasteiger partial charge in [0.1, 0.15) is 0 Å². The van der Waals surface area contributed by atoms with Gasteiger partial charge >= 0.3 is 0 Å². The van der Waals surface area contributed by atoms with Gasteiger partial charge in [-0.1, -0.05) is 26.2 Å². The molecule has 2 atom stereocenters. The van der Waals surface area contributed by atoms with E-state index in [0.717, 1.165) is 5.92 Å². The van der Waals surface area contributed by atoms with Crippen LogP contribution in [0.3, 0.4) is 0 Å². The molecule has 1 aliphatic heterocycles. The fourth-order valence-electron chi connectivity index (χ4n) is 3.23. The van der Waals surface area contributed by atoms with E-state index in [1.807, 2.05) is 0 Å². The second-order valence-corrected chi connectivity index (χ2v) is 4.71. The molecule has 0 radical (unpaired) electrons. The largest absolute Gasteiger partial charge is 0.311 e. The first-order valence-corrected chi connectivity index (χ1v) is 5.60. The van der Waals surface area contributed by atoms with Crippen molar-refractivity contribution in [3.8, 4) is 0 Å². The fourth-order valence-corrected chi connectivity index (χ4v) is 3.23. The third kappa shape index (κ3) is 1.52. The smallest absolute Gasteiger partial charge is 0.0184 e. The minimum Gasteiger partial charge on any atom is -0.311 e. The van der Waals surface area contributed by atoms with Crippen LogP contribution in [0.2, 0.25) is 0 Å². The van der Waals surface area contributed by atoms with Crippen molar-refractivity contribution in [3.05, 3.63) is 0 Å². The van der Waals surface area contributed by atoms with Crippen LogP contribution < -0.4 is 5.32 Å². The van der Waals surface area contributed by atoms with Crippen LogP contribution in [0.25, 0.3) is 0 Å². The van der Waals surface area contributed by atoms with Gasteiger partial charge in [0.25, 0.3) is 0 Å². The molecule has 1 saturated heterocycles. The molecule has 2 bridgehead atoms. The minimum atomic E-state index is 0.579. The summed E-state index contributed by atoms with van der Waals surface area (Å²) in [6.07, 6.45) is 10.1. The molecule has 1 saturated carbocycles. The number of hydrogen-bond acceptors (Lipinski definition) is 1. The monoisotopic (exact) mass is 167 g/mol. The number of piperidine rings is 1. The van der Waals surface area contributed by atoms with Crippen molar-refractivity contribution >= 4 is 0 Å². The Bertz CT molecular complexity index is 138. The quantitative estimate of drug-likeness (QED) is 0.667. The Morgan fingerprint density at radius 2 is 2.33 bits per heavy atom. The van der Waals surface area contributed by atoms with Crippen molar-refractivity contribution in [2.45, 2.75) is 57.4 Å². The van der Waals surface area contributed by atoms with E-state index in [-0.39, 0.29) is 0 Å². The summed E-state index contributed by atoms with van der Waals surface area (Å²) in [5.74, 6) is 1.06. The molecule has 0 aromatic carbocycles. The molecule has 1 heterocycles. The third-order valence-corrected chi connectivity index (χ3v) is 3.73. The molecule has 2 aliphatic rings. The van der Waals surface area contributed by atoms with Crippen LogP contribution in [0, 0.1) is 5.92 Å². The normalized spacial score (nSPS) is 41.2. The molecule has 2 rings (SSSR count). The number of nitrogens with one attached hydrogen (secondary N) is 1. The van der Waals surface area contributed by atoms with Crippen LogP contribution in [0.4, 0.5) is 0 Å². The van der Waals surface area contributed by atoms with Crippen LogP contribution in [0.1, 0.15) is 51.9 Å². The van der Waals surface area contributed by atoms with Crippen molar-refractivity contribution in [3.63, 3.8) is 0 Å². The van der Waals surface area contributed by atoms with Gasteiger partial charge in [-0.3, -0.25) is 0 Å². The molecular weight excluding hydrogens is 146 g/mol. The van der Waals surface area contributed by atoms with Gasteiger partial charge in [-0.2, -0.15) is 0 Å². The highest BCUT2D eigenvalue weighted by atomic mass is 15.0. The van der Waals surface area contributed by atoms with Gasteiger partial charge in [0.05, 0.1) is 0 Å². The van der Waals surface area contributed by atoms with Crippen molar-refractivity contribution in [1.82, 2.24) is 5.32 Å². The number of rotatable bonds is 2. The van der Waals surface area contributed by atoms with E-state index < -0.39 is 0 Å². The summed E-state index contributed by atoms with van der Waals surface area (Å²) in [6, 6.07) is 0. The van der Waals surface area contributed by atoms with Crippen LogP contribution >= 0.6 is 0 Å². The highest BCUT2D eigenvalue weighted by Gasteiger charge is 2.37. The van der Waals surface area contributed by atoms with Gasteiger partial charge in [0.2, 0.25) is 0 Å². The molecule has 0 aromatic heterocycles. The van der Waals surface area contributed by atoms with E-state index in [9.17, 15) is 0 Å². The van der Waals surface area contributed by atoms with E-state index in [4.69, 9.17) is 0 Å². The molecule has 0 aromatic rings. The molecule has 70 valence electrons. The standard InChI is InChI=1S/C11H21N/c1-2-6-11-7-3-4-10(9-11)5-8-12-11/h10,12H,2-9H2,1H3/t10-,11-/m1/s1. The van der Waals surface area contributed by atoms with Crippen LogP contribution in [-0.4, -0.2) is 12.1 Å². The van der Waals surface area contributed by atoms with E-state index in [0.29, 0.717) is 5.54 Å². The zero-order valence-corrected chi connectivity index (χ0v) is 8.23. The van der Waals surface area contributed by atoms with Crippen molar-refractivity contribution < 1.29 is 0 Å². The lowest BCUT2D eigenvalue weighted by Crippen LogP contribution is -2.53. The maximum absolute atomic E-state index is 3.76. The van der Waals surface area contributed by atoms with E-state index in [1.165, 1.54) is 51.5 Å². The number of fused-ring (bicyclic) bond motifs is 2. The van der Waals surface area contributed by atoms with Gasteiger partial charge in [0, 0.05) is 5.54 Å². The Hall–Kier alpha value is -0.0400. The first-order valence-electron chi connectivity index (χ1n) is 5.60. The summed E-state index contributed by atoms with van der Waals surface area (Å²) in [6.45, 7) is 3.60. The fraction of sp³-hybridized carbons (Fsp3) is 1.00. The van der Waals surface area contributed by atoms with Crippen molar-refractivity contribution in [1.29, 1.82) is 0 Å². The third-order valence-electron chi connectivity index (χ3n) is 3.73. The predicted octanol–water partition coefficient (Wildman–Crippen LogP) is 2.71. The molecule has 0 amide bonds. The Labute approximate surface area is 75.9 Å². The molecule has 2 fully saturated rings. The highest BCUT2D eigenvalue weighted by molar-refractivity contribution is 4.96. The Morgan fingerprint density at radius 3 is 3.17 bits per heavy atom. The SMILES string of the molecule is CCC[C@]12CCC[C@H](CCN1)C2. The molecule has 0 unspecified atom stereocenters. The molecular formula is C11H21N. The van der Waals surface area contributed by atoms with Crippen molar-refractivity contribution in [2.24, 2.45) is 5.92 Å². The van der Waals surface area contributed by atoms with Crippen LogP contribution in [-0.2, 0) is 0 Å². The molecule has 0 spiro atoms. The maximum Gasteiger partial charge on any atom is 0.0184 e. The Morgan fingerprint density at radius 1 is 1.42 bits per heavy atom. The lowest BCUT2D eigenvalue weighted by atomic mass is 9.70. The van der Waals surface area contributed by atoms with Gasteiger partial charge in [0.15, 0.2) is 0 Å². The van der Waals surface area contributed by atoms with Gasteiger partial charge in [-0.15, -0.1) is 0 Å². The lowest BCUT2D eigenvalue weighted by Gasteiger charge is -2.46. The van der Waals surface area contributed by atoms with E-state index in [1.54, 1.807) is 0 Å². The Balaban J connectivity index is 2.01. The number of hydrogen-bond donors (Lipinski definition) is 1. The summed E-state index contributed by atoms with van der Waals surface area (Å²) in [4.78, 5) is 0. The predicted molar refractivity (Wildman–Crippen MR) is 52.2 cm³/mol. The second kappa shape index (κ2) is 3.37. The summed E-state index contributed by atoms with van der Waals surface area (Å²) >= 11 is 0. The van der Waals surface area contributed by atoms with E-state index in [2.05, 4.69) is 12.2 Å². The van der Waals surface area contributed by atoms with E-state index >= 15 is 0 Å². The zero-order chi connectivity index (χ0) is 8.44. The average molecular weight is 167 g/mol. The lowest BCUT2D eigenvalue weighted by molar-refractivity contribution is 0.120. The first-order chi connectivity index (χ1) is 5.85. The summed E-state index contributed by atoms with van der Waals surface area (Å²) < 4.78 is 0. The van der Waals surface area contributed by atoms with Gasteiger partial charge in [-0.05, 0) is 38.1 Å². The first kappa shape index (κ1) is 8.55. The highest BCUT2D eigenvalue weighted by Crippen LogP contribution is 2.39. The maximum atomic E-state index is 3.76. The van der Waals surface area contributed by atoms with Crippen LogP contribution in [0.5, 0.6) is 0 Å². The molecule has 1 nitrogen and oxygen atoms in total. The van der Waals surface area contributed by atoms with Gasteiger partial charge < -0.3 is 5.32 Å². The summed E-state index contributed by atoms with van der Waals surface area (Å²) in [5, 5.41) is 3.76. The minimum absolute atomic E-state index is 0.579. The summed E-state index contributed by atoms with van der Waals surface area (Å²) in [7, 11) is 0. The molecule has 1 N–H and O–H groups in total. The zero-order valence-electron chi connectivity index (χ0n) is 8.23. The Kier molecular flexibility index (Phi) is 2.40. The average Bonchev–Trinajstić information content (AvgIpc) is 2.04.